The standard InChI is InChI=1S/C14H20N2O2/c1-4-8-16(9-5-2)14(17)12-10-11(15)6-7-13(12)18-3/h4,6-7,10H,1,5,8-9,15H2,2-3H3. The molecule has 0 radical (unpaired) electrons. The third-order valence-electron chi connectivity index (χ3n) is 2.58. The summed E-state index contributed by atoms with van der Waals surface area (Å²) in [6.45, 7) is 6.90. The van der Waals surface area contributed by atoms with Crippen LogP contribution in [0.2, 0.25) is 0 Å². The highest BCUT2D eigenvalue weighted by atomic mass is 16.5. The Morgan fingerprint density at radius 3 is 2.83 bits per heavy atom. The molecule has 0 spiro atoms. The van der Waals surface area contributed by atoms with Crippen molar-refractivity contribution in [1.82, 2.24) is 4.90 Å². The Kier molecular flexibility index (Phi) is 5.24. The number of anilines is 1. The van der Waals surface area contributed by atoms with Gasteiger partial charge in [-0.15, -0.1) is 6.58 Å². The van der Waals surface area contributed by atoms with Crippen LogP contribution in [0.5, 0.6) is 5.75 Å². The molecule has 1 aromatic rings. The number of nitrogens with zero attached hydrogens (tertiary/aromatic N) is 1. The van der Waals surface area contributed by atoms with Crippen molar-refractivity contribution >= 4 is 11.6 Å². The molecule has 4 heteroatoms. The average molecular weight is 248 g/mol. The number of amides is 1. The molecule has 0 heterocycles. The molecule has 0 aliphatic rings. The van der Waals surface area contributed by atoms with Gasteiger partial charge in [-0.25, -0.2) is 0 Å². The average Bonchev–Trinajstić information content (AvgIpc) is 2.37. The molecular formula is C14H20N2O2. The number of benzene rings is 1. The van der Waals surface area contributed by atoms with Crippen molar-refractivity contribution in [3.63, 3.8) is 0 Å². The number of ether oxygens (including phenoxy) is 1. The van der Waals surface area contributed by atoms with Crippen LogP contribution < -0.4 is 10.5 Å². The van der Waals surface area contributed by atoms with Gasteiger partial charge in [-0.1, -0.05) is 13.0 Å². The minimum absolute atomic E-state index is 0.0825. The topological polar surface area (TPSA) is 55.6 Å². The van der Waals surface area contributed by atoms with Gasteiger partial charge >= 0.3 is 0 Å². The fourth-order valence-corrected chi connectivity index (χ4v) is 1.76. The Labute approximate surface area is 108 Å². The summed E-state index contributed by atoms with van der Waals surface area (Å²) in [5.41, 5.74) is 6.77. The number of hydrogen-bond donors (Lipinski definition) is 1. The van der Waals surface area contributed by atoms with E-state index in [2.05, 4.69) is 6.58 Å². The first-order valence-corrected chi connectivity index (χ1v) is 5.97. The zero-order valence-corrected chi connectivity index (χ0v) is 11.0. The smallest absolute Gasteiger partial charge is 0.257 e. The highest BCUT2D eigenvalue weighted by molar-refractivity contribution is 5.97. The third-order valence-corrected chi connectivity index (χ3v) is 2.58. The number of nitrogen functional groups attached to an aromatic ring is 1. The molecule has 1 aromatic carbocycles. The van der Waals surface area contributed by atoms with Crippen LogP contribution in [0.3, 0.4) is 0 Å². The molecule has 0 aromatic heterocycles. The number of nitrogens with two attached hydrogens (primary N) is 1. The quantitative estimate of drug-likeness (QED) is 0.621. The molecule has 0 saturated heterocycles. The molecule has 0 unspecified atom stereocenters. The summed E-state index contributed by atoms with van der Waals surface area (Å²) in [5, 5.41) is 0. The molecule has 98 valence electrons. The molecule has 0 atom stereocenters. The largest absolute Gasteiger partial charge is 0.496 e. The van der Waals surface area contributed by atoms with Crippen LogP contribution in [0, 0.1) is 0 Å². The maximum Gasteiger partial charge on any atom is 0.257 e. The second-order valence-electron chi connectivity index (χ2n) is 4.00. The summed E-state index contributed by atoms with van der Waals surface area (Å²) >= 11 is 0. The second kappa shape index (κ2) is 6.69. The molecule has 4 nitrogen and oxygen atoms in total. The van der Waals surface area contributed by atoms with Crippen LogP contribution in [-0.2, 0) is 0 Å². The van der Waals surface area contributed by atoms with Gasteiger partial charge in [0.15, 0.2) is 0 Å². The summed E-state index contributed by atoms with van der Waals surface area (Å²) in [5.74, 6) is 0.459. The van der Waals surface area contributed by atoms with E-state index in [-0.39, 0.29) is 5.91 Å². The fraction of sp³-hybridized carbons (Fsp3) is 0.357. The minimum atomic E-state index is -0.0825. The van der Waals surface area contributed by atoms with Crippen LogP contribution in [0.25, 0.3) is 0 Å². The van der Waals surface area contributed by atoms with Gasteiger partial charge in [0.1, 0.15) is 5.75 Å². The van der Waals surface area contributed by atoms with E-state index < -0.39 is 0 Å². The van der Waals surface area contributed by atoms with Crippen molar-refractivity contribution in [2.24, 2.45) is 0 Å². The van der Waals surface area contributed by atoms with Crippen molar-refractivity contribution in [1.29, 1.82) is 0 Å². The zero-order valence-electron chi connectivity index (χ0n) is 11.0. The first kappa shape index (κ1) is 14.1. The summed E-state index contributed by atoms with van der Waals surface area (Å²) < 4.78 is 5.20. The summed E-state index contributed by atoms with van der Waals surface area (Å²) in [4.78, 5) is 14.1. The molecule has 1 rings (SSSR count). The number of carbonyl (C=O) groups excluding carboxylic acids is 1. The number of carbonyl (C=O) groups is 1. The summed E-state index contributed by atoms with van der Waals surface area (Å²) in [6.07, 6.45) is 2.61. The van der Waals surface area contributed by atoms with E-state index in [4.69, 9.17) is 10.5 Å². The van der Waals surface area contributed by atoms with Gasteiger partial charge in [-0.2, -0.15) is 0 Å². The molecular weight excluding hydrogens is 228 g/mol. The molecule has 0 saturated carbocycles. The maximum absolute atomic E-state index is 12.4. The van der Waals surface area contributed by atoms with Crippen molar-refractivity contribution in [3.8, 4) is 5.75 Å². The first-order valence-electron chi connectivity index (χ1n) is 5.97. The van der Waals surface area contributed by atoms with Crippen molar-refractivity contribution in [3.05, 3.63) is 36.4 Å². The van der Waals surface area contributed by atoms with Crippen LogP contribution >= 0.6 is 0 Å². The Balaban J connectivity index is 3.06. The lowest BCUT2D eigenvalue weighted by atomic mass is 10.1. The van der Waals surface area contributed by atoms with Gasteiger partial charge < -0.3 is 15.4 Å². The number of methoxy groups -OCH3 is 1. The van der Waals surface area contributed by atoms with E-state index >= 15 is 0 Å². The summed E-state index contributed by atoms with van der Waals surface area (Å²) in [7, 11) is 1.54. The monoisotopic (exact) mass is 248 g/mol. The molecule has 0 aliphatic carbocycles. The first-order chi connectivity index (χ1) is 8.63. The predicted octanol–water partition coefficient (Wildman–Crippen LogP) is 2.32. The number of rotatable bonds is 6. The molecule has 0 aliphatic heterocycles. The van der Waals surface area contributed by atoms with Crippen LogP contribution in [-0.4, -0.2) is 31.0 Å². The van der Waals surface area contributed by atoms with Gasteiger partial charge in [0, 0.05) is 18.8 Å². The molecule has 0 bridgehead atoms. The van der Waals surface area contributed by atoms with Crippen molar-refractivity contribution < 1.29 is 9.53 Å². The van der Waals surface area contributed by atoms with E-state index in [9.17, 15) is 4.79 Å². The molecule has 2 N–H and O–H groups in total. The van der Waals surface area contributed by atoms with Crippen LogP contribution in [0.1, 0.15) is 23.7 Å². The zero-order chi connectivity index (χ0) is 13.5. The highest BCUT2D eigenvalue weighted by Crippen LogP contribution is 2.22. The molecule has 18 heavy (non-hydrogen) atoms. The Morgan fingerprint density at radius 2 is 2.28 bits per heavy atom. The highest BCUT2D eigenvalue weighted by Gasteiger charge is 2.18. The molecule has 0 fully saturated rings. The lowest BCUT2D eigenvalue weighted by molar-refractivity contribution is 0.0770. The van der Waals surface area contributed by atoms with Crippen LogP contribution in [0.15, 0.2) is 30.9 Å². The van der Waals surface area contributed by atoms with Gasteiger partial charge in [0.05, 0.1) is 12.7 Å². The van der Waals surface area contributed by atoms with Gasteiger partial charge in [-0.05, 0) is 24.6 Å². The van der Waals surface area contributed by atoms with E-state index in [0.717, 1.165) is 6.42 Å². The summed E-state index contributed by atoms with van der Waals surface area (Å²) in [6, 6.07) is 5.07. The van der Waals surface area contributed by atoms with Crippen LogP contribution in [0.4, 0.5) is 5.69 Å². The molecule has 1 amide bonds. The van der Waals surface area contributed by atoms with E-state index in [1.807, 2.05) is 6.92 Å². The normalized spacial score (nSPS) is 9.89. The SMILES string of the molecule is C=CCN(CCC)C(=O)c1cc(N)ccc1OC. The Bertz CT molecular complexity index is 430. The van der Waals surface area contributed by atoms with E-state index in [1.165, 1.54) is 0 Å². The maximum atomic E-state index is 12.4. The van der Waals surface area contributed by atoms with Gasteiger partial charge in [0.25, 0.3) is 5.91 Å². The van der Waals surface area contributed by atoms with E-state index in [0.29, 0.717) is 30.1 Å². The lowest BCUT2D eigenvalue weighted by Crippen LogP contribution is -2.32. The Morgan fingerprint density at radius 1 is 1.56 bits per heavy atom. The van der Waals surface area contributed by atoms with Crippen molar-refractivity contribution in [2.75, 3.05) is 25.9 Å². The van der Waals surface area contributed by atoms with Gasteiger partial charge in [0.2, 0.25) is 0 Å². The fourth-order valence-electron chi connectivity index (χ4n) is 1.76. The lowest BCUT2D eigenvalue weighted by Gasteiger charge is -2.21. The Hall–Kier alpha value is -1.97. The third kappa shape index (κ3) is 3.26. The number of hydrogen-bond acceptors (Lipinski definition) is 3. The predicted molar refractivity (Wildman–Crippen MR) is 73.8 cm³/mol. The van der Waals surface area contributed by atoms with E-state index in [1.54, 1.807) is 36.3 Å². The van der Waals surface area contributed by atoms with Crippen molar-refractivity contribution in [2.45, 2.75) is 13.3 Å². The van der Waals surface area contributed by atoms with Gasteiger partial charge in [-0.3, -0.25) is 4.79 Å². The second-order valence-corrected chi connectivity index (χ2v) is 4.00. The minimum Gasteiger partial charge on any atom is -0.496 e.